The van der Waals surface area contributed by atoms with E-state index >= 15 is 0 Å². The fourth-order valence-corrected chi connectivity index (χ4v) is 2.40. The van der Waals surface area contributed by atoms with Gasteiger partial charge in [-0.3, -0.25) is 0 Å². The lowest BCUT2D eigenvalue weighted by molar-refractivity contribution is 0.602. The molecule has 15 heavy (non-hydrogen) atoms. The summed E-state index contributed by atoms with van der Waals surface area (Å²) >= 11 is 0. The second-order valence-corrected chi connectivity index (χ2v) is 4.62. The maximum Gasteiger partial charge on any atom is 0.0387 e. The molecule has 2 rings (SSSR count). The third-order valence-electron chi connectivity index (χ3n) is 3.29. The van der Waals surface area contributed by atoms with E-state index in [0.717, 1.165) is 5.92 Å². The van der Waals surface area contributed by atoms with Gasteiger partial charge >= 0.3 is 0 Å². The van der Waals surface area contributed by atoms with Crippen LogP contribution in [0.25, 0.3) is 0 Å². The van der Waals surface area contributed by atoms with E-state index in [1.54, 1.807) is 0 Å². The van der Waals surface area contributed by atoms with Crippen LogP contribution in [-0.2, 0) is 6.54 Å². The zero-order chi connectivity index (χ0) is 10.7. The largest absolute Gasteiger partial charge is 0.382 e. The molecule has 0 spiro atoms. The molecule has 1 aliphatic rings. The lowest BCUT2D eigenvalue weighted by Crippen LogP contribution is -2.17. The van der Waals surface area contributed by atoms with Crippen molar-refractivity contribution in [3.05, 3.63) is 29.8 Å². The number of hydrogen-bond acceptors (Lipinski definition) is 2. The Labute approximate surface area is 91.9 Å². The van der Waals surface area contributed by atoms with Crippen LogP contribution < -0.4 is 11.1 Å². The Hall–Kier alpha value is -1.02. The normalized spacial score (nSPS) is 25.5. The smallest absolute Gasteiger partial charge is 0.0387 e. The van der Waals surface area contributed by atoms with E-state index < -0.39 is 0 Å². The fourth-order valence-electron chi connectivity index (χ4n) is 2.40. The van der Waals surface area contributed by atoms with Crippen molar-refractivity contribution in [1.29, 1.82) is 0 Å². The fraction of sp³-hybridized carbons (Fsp3) is 0.538. The van der Waals surface area contributed by atoms with E-state index in [9.17, 15) is 0 Å². The van der Waals surface area contributed by atoms with Gasteiger partial charge in [-0.05, 0) is 36.8 Å². The van der Waals surface area contributed by atoms with Crippen LogP contribution >= 0.6 is 0 Å². The molecule has 0 heterocycles. The molecule has 1 fully saturated rings. The van der Waals surface area contributed by atoms with Crippen LogP contribution in [0.5, 0.6) is 0 Å². The molecule has 1 saturated carbocycles. The maximum absolute atomic E-state index is 5.71. The van der Waals surface area contributed by atoms with Gasteiger partial charge in [-0.1, -0.05) is 25.1 Å². The molecular formula is C13H20N2. The molecule has 3 N–H and O–H groups in total. The number of benzene rings is 1. The summed E-state index contributed by atoms with van der Waals surface area (Å²) in [5, 5.41) is 3.61. The highest BCUT2D eigenvalue weighted by molar-refractivity contribution is 5.51. The average molecular weight is 204 g/mol. The van der Waals surface area contributed by atoms with Gasteiger partial charge in [0.15, 0.2) is 0 Å². The lowest BCUT2D eigenvalue weighted by Gasteiger charge is -2.16. The van der Waals surface area contributed by atoms with Gasteiger partial charge < -0.3 is 11.1 Å². The van der Waals surface area contributed by atoms with Crippen LogP contribution in [0.1, 0.15) is 31.7 Å². The Bertz CT molecular complexity index is 322. The number of anilines is 1. The Kier molecular flexibility index (Phi) is 3.27. The maximum atomic E-state index is 5.71. The summed E-state index contributed by atoms with van der Waals surface area (Å²) in [5.41, 5.74) is 8.15. The lowest BCUT2D eigenvalue weighted by atomic mass is 10.1. The van der Waals surface area contributed by atoms with Crippen molar-refractivity contribution in [2.24, 2.45) is 11.7 Å². The number of para-hydroxylation sites is 1. The minimum absolute atomic E-state index is 0.617. The molecule has 1 aromatic carbocycles. The molecule has 0 aliphatic heterocycles. The number of hydrogen-bond donors (Lipinski definition) is 2. The minimum Gasteiger partial charge on any atom is -0.382 e. The van der Waals surface area contributed by atoms with Crippen LogP contribution in [0, 0.1) is 5.92 Å². The molecule has 0 amide bonds. The molecule has 1 aliphatic carbocycles. The molecule has 2 unspecified atom stereocenters. The molecule has 2 atom stereocenters. The first kappa shape index (κ1) is 10.5. The quantitative estimate of drug-likeness (QED) is 0.794. The highest BCUT2D eigenvalue weighted by Gasteiger charge is 2.21. The van der Waals surface area contributed by atoms with E-state index in [-0.39, 0.29) is 0 Å². The Balaban J connectivity index is 2.04. The zero-order valence-electron chi connectivity index (χ0n) is 9.37. The molecule has 0 bridgehead atoms. The van der Waals surface area contributed by atoms with Crippen molar-refractivity contribution in [3.8, 4) is 0 Å². The second-order valence-electron chi connectivity index (χ2n) is 4.62. The van der Waals surface area contributed by atoms with Crippen molar-refractivity contribution in [1.82, 2.24) is 0 Å². The molecule has 0 saturated heterocycles. The zero-order valence-corrected chi connectivity index (χ0v) is 9.37. The van der Waals surface area contributed by atoms with Gasteiger partial charge in [-0.15, -0.1) is 0 Å². The molecular weight excluding hydrogens is 184 g/mol. The van der Waals surface area contributed by atoms with Crippen LogP contribution in [0.2, 0.25) is 0 Å². The average Bonchev–Trinajstić information content (AvgIpc) is 2.65. The van der Waals surface area contributed by atoms with Crippen molar-refractivity contribution >= 4 is 5.69 Å². The van der Waals surface area contributed by atoms with Gasteiger partial charge in [0, 0.05) is 18.3 Å². The molecule has 2 nitrogen and oxygen atoms in total. The summed E-state index contributed by atoms with van der Waals surface area (Å²) in [5.74, 6) is 0.868. The summed E-state index contributed by atoms with van der Waals surface area (Å²) in [6, 6.07) is 8.99. The van der Waals surface area contributed by atoms with Gasteiger partial charge in [-0.25, -0.2) is 0 Å². The standard InChI is InChI=1S/C13H20N2/c1-10-6-7-12(8-10)15-13-5-3-2-4-11(13)9-14/h2-5,10,12,15H,6-9,14H2,1H3. The van der Waals surface area contributed by atoms with E-state index in [1.807, 2.05) is 6.07 Å². The summed E-state index contributed by atoms with van der Waals surface area (Å²) in [4.78, 5) is 0. The Morgan fingerprint density at radius 2 is 2.13 bits per heavy atom. The van der Waals surface area contributed by atoms with E-state index in [0.29, 0.717) is 12.6 Å². The Morgan fingerprint density at radius 3 is 2.80 bits per heavy atom. The summed E-state index contributed by atoms with van der Waals surface area (Å²) in [6.07, 6.45) is 3.93. The summed E-state index contributed by atoms with van der Waals surface area (Å²) in [7, 11) is 0. The van der Waals surface area contributed by atoms with Crippen molar-refractivity contribution in [3.63, 3.8) is 0 Å². The first-order valence-electron chi connectivity index (χ1n) is 5.84. The summed E-state index contributed by atoms with van der Waals surface area (Å²) < 4.78 is 0. The number of nitrogens with two attached hydrogens (primary N) is 1. The highest BCUT2D eigenvalue weighted by Crippen LogP contribution is 2.28. The van der Waals surface area contributed by atoms with Crippen LogP contribution in [0.4, 0.5) is 5.69 Å². The molecule has 2 heteroatoms. The van der Waals surface area contributed by atoms with Gasteiger partial charge in [0.25, 0.3) is 0 Å². The SMILES string of the molecule is CC1CCC(Nc2ccccc2CN)C1. The molecule has 0 aromatic heterocycles. The molecule has 0 radical (unpaired) electrons. The van der Waals surface area contributed by atoms with E-state index in [2.05, 4.69) is 30.4 Å². The van der Waals surface area contributed by atoms with Gasteiger partial charge in [0.1, 0.15) is 0 Å². The van der Waals surface area contributed by atoms with Crippen molar-refractivity contribution < 1.29 is 0 Å². The third kappa shape index (κ3) is 2.51. The monoisotopic (exact) mass is 204 g/mol. The molecule has 82 valence electrons. The van der Waals surface area contributed by atoms with E-state index in [4.69, 9.17) is 5.73 Å². The van der Waals surface area contributed by atoms with Crippen LogP contribution in [-0.4, -0.2) is 6.04 Å². The number of rotatable bonds is 3. The Morgan fingerprint density at radius 1 is 1.33 bits per heavy atom. The van der Waals surface area contributed by atoms with Crippen molar-refractivity contribution in [2.45, 2.75) is 38.8 Å². The van der Waals surface area contributed by atoms with Crippen molar-refractivity contribution in [2.75, 3.05) is 5.32 Å². The topological polar surface area (TPSA) is 38.0 Å². The summed E-state index contributed by atoms with van der Waals surface area (Å²) in [6.45, 7) is 2.95. The highest BCUT2D eigenvalue weighted by atomic mass is 14.9. The predicted molar refractivity (Wildman–Crippen MR) is 64.8 cm³/mol. The predicted octanol–water partition coefficient (Wildman–Crippen LogP) is 2.75. The minimum atomic E-state index is 0.617. The van der Waals surface area contributed by atoms with Gasteiger partial charge in [0.05, 0.1) is 0 Å². The number of nitrogens with one attached hydrogen (secondary N) is 1. The third-order valence-corrected chi connectivity index (χ3v) is 3.29. The van der Waals surface area contributed by atoms with Gasteiger partial charge in [0.2, 0.25) is 0 Å². The van der Waals surface area contributed by atoms with Crippen LogP contribution in [0.3, 0.4) is 0 Å². The molecule has 1 aromatic rings. The second kappa shape index (κ2) is 4.67. The first-order chi connectivity index (χ1) is 7.29. The van der Waals surface area contributed by atoms with Crippen LogP contribution in [0.15, 0.2) is 24.3 Å². The van der Waals surface area contributed by atoms with E-state index in [1.165, 1.54) is 30.5 Å². The van der Waals surface area contributed by atoms with Gasteiger partial charge in [-0.2, -0.15) is 0 Å². The first-order valence-corrected chi connectivity index (χ1v) is 5.84.